The first-order valence-corrected chi connectivity index (χ1v) is 10.9. The Balaban J connectivity index is 2.15. The first-order chi connectivity index (χ1) is 16.0. The molecule has 0 aliphatic rings. The van der Waals surface area contributed by atoms with E-state index in [1.807, 2.05) is 19.1 Å². The summed E-state index contributed by atoms with van der Waals surface area (Å²) in [5.74, 6) is -1.17. The van der Waals surface area contributed by atoms with Gasteiger partial charge in [-0.1, -0.05) is 49.7 Å². The minimum absolute atomic E-state index is 0.0106. The van der Waals surface area contributed by atoms with Gasteiger partial charge in [-0.05, 0) is 36.1 Å². The third-order valence-corrected chi connectivity index (χ3v) is 6.33. The molecule has 2 aromatic heterocycles. The summed E-state index contributed by atoms with van der Waals surface area (Å²) >= 11 is 0. The van der Waals surface area contributed by atoms with Crippen LogP contribution in [0.1, 0.15) is 53.5 Å². The molecule has 1 atom stereocenters. The number of nitrogen functional groups attached to an aromatic ring is 1. The molecule has 8 nitrogen and oxygen atoms in total. The molecule has 0 saturated heterocycles. The number of aromatic nitrogens is 2. The fourth-order valence-electron chi connectivity index (χ4n) is 4.28. The van der Waals surface area contributed by atoms with E-state index in [0.29, 0.717) is 10.9 Å². The first-order valence-electron chi connectivity index (χ1n) is 10.9. The van der Waals surface area contributed by atoms with E-state index in [2.05, 4.69) is 13.8 Å². The minimum Gasteiger partial charge on any atom is -0.507 e. The van der Waals surface area contributed by atoms with Crippen molar-refractivity contribution in [3.63, 3.8) is 0 Å². The van der Waals surface area contributed by atoms with Gasteiger partial charge in [0.2, 0.25) is 0 Å². The smallest absolute Gasteiger partial charge is 0.344 e. The van der Waals surface area contributed by atoms with E-state index in [0.717, 1.165) is 20.3 Å². The Labute approximate surface area is 195 Å². The van der Waals surface area contributed by atoms with Gasteiger partial charge in [0.15, 0.2) is 0 Å². The van der Waals surface area contributed by atoms with Crippen LogP contribution in [0.4, 0.5) is 5.82 Å². The average Bonchev–Trinajstić information content (AvgIpc) is 2.81. The Morgan fingerprint density at radius 1 is 0.912 bits per heavy atom. The SMILES string of the molecule is Cc1ccc2oc(=O)c(C(c3ccc(C(C)C)cc3)c3c(N)n(C)c(=O)n(C)c3=O)c(O)c2c1. The Bertz CT molecular complexity index is 1590. The number of anilines is 1. The fraction of sp³-hybridized carbons (Fsp3) is 0.269. The standard InChI is InChI=1S/C26H27N3O5/c1-13(2)15-7-9-16(10-8-15)19(21-23(27)28(4)26(33)29(5)24(21)31)20-22(30)17-12-14(3)6-11-18(17)34-25(20)32/h6-13,19,30H,27H2,1-5H3. The monoisotopic (exact) mass is 461 g/mol. The van der Waals surface area contributed by atoms with Crippen LogP contribution in [0.25, 0.3) is 11.0 Å². The molecule has 3 N–H and O–H groups in total. The highest BCUT2D eigenvalue weighted by Gasteiger charge is 2.32. The van der Waals surface area contributed by atoms with Crippen molar-refractivity contribution in [3.8, 4) is 5.75 Å². The minimum atomic E-state index is -1.06. The van der Waals surface area contributed by atoms with Crippen molar-refractivity contribution >= 4 is 16.8 Å². The lowest BCUT2D eigenvalue weighted by Crippen LogP contribution is -2.41. The molecular formula is C26H27N3O5. The molecule has 0 aliphatic carbocycles. The highest BCUT2D eigenvalue weighted by atomic mass is 16.4. The molecule has 4 rings (SSSR count). The molecule has 0 radical (unpaired) electrons. The summed E-state index contributed by atoms with van der Waals surface area (Å²) in [6.07, 6.45) is 0. The molecule has 0 amide bonds. The van der Waals surface area contributed by atoms with Crippen LogP contribution in [-0.2, 0) is 14.1 Å². The van der Waals surface area contributed by atoms with Gasteiger partial charge >= 0.3 is 11.3 Å². The number of aromatic hydroxyl groups is 1. The van der Waals surface area contributed by atoms with Crippen LogP contribution in [-0.4, -0.2) is 14.2 Å². The van der Waals surface area contributed by atoms with Crippen LogP contribution in [0.3, 0.4) is 0 Å². The van der Waals surface area contributed by atoms with Gasteiger partial charge < -0.3 is 15.3 Å². The summed E-state index contributed by atoms with van der Waals surface area (Å²) in [6, 6.07) is 12.5. The van der Waals surface area contributed by atoms with Gasteiger partial charge in [0.25, 0.3) is 5.56 Å². The summed E-state index contributed by atoms with van der Waals surface area (Å²) in [5.41, 5.74) is 6.85. The molecule has 4 aromatic rings. The second-order valence-electron chi connectivity index (χ2n) is 8.91. The van der Waals surface area contributed by atoms with Gasteiger partial charge in [-0.3, -0.25) is 13.9 Å². The quantitative estimate of drug-likeness (QED) is 0.451. The number of aryl methyl sites for hydroxylation is 1. The zero-order valence-corrected chi connectivity index (χ0v) is 19.7. The number of benzene rings is 2. The van der Waals surface area contributed by atoms with Crippen LogP contribution in [0, 0.1) is 6.92 Å². The van der Waals surface area contributed by atoms with E-state index in [9.17, 15) is 19.5 Å². The Kier molecular flexibility index (Phi) is 5.69. The zero-order valence-electron chi connectivity index (χ0n) is 19.7. The maximum atomic E-state index is 13.3. The predicted octanol–water partition coefficient (Wildman–Crippen LogP) is 3.09. The molecule has 2 heterocycles. The van der Waals surface area contributed by atoms with Crippen LogP contribution in [0.15, 0.2) is 61.3 Å². The number of fused-ring (bicyclic) bond motifs is 1. The van der Waals surface area contributed by atoms with Gasteiger partial charge in [-0.15, -0.1) is 0 Å². The van der Waals surface area contributed by atoms with E-state index < -0.39 is 22.8 Å². The Morgan fingerprint density at radius 3 is 2.15 bits per heavy atom. The molecule has 0 aliphatic heterocycles. The molecule has 34 heavy (non-hydrogen) atoms. The molecule has 0 spiro atoms. The molecule has 2 aromatic carbocycles. The van der Waals surface area contributed by atoms with Gasteiger partial charge in [0.1, 0.15) is 17.2 Å². The lowest BCUT2D eigenvalue weighted by atomic mass is 9.84. The van der Waals surface area contributed by atoms with Crippen molar-refractivity contribution in [1.82, 2.24) is 9.13 Å². The van der Waals surface area contributed by atoms with E-state index in [1.54, 1.807) is 30.3 Å². The lowest BCUT2D eigenvalue weighted by Gasteiger charge is -2.22. The molecular weight excluding hydrogens is 434 g/mol. The normalized spacial score (nSPS) is 12.4. The lowest BCUT2D eigenvalue weighted by molar-refractivity contribution is 0.454. The summed E-state index contributed by atoms with van der Waals surface area (Å²) < 4.78 is 7.63. The highest BCUT2D eigenvalue weighted by Crippen LogP contribution is 2.39. The fourth-order valence-corrected chi connectivity index (χ4v) is 4.28. The van der Waals surface area contributed by atoms with Crippen LogP contribution in [0.5, 0.6) is 5.75 Å². The number of nitrogens with zero attached hydrogens (tertiary/aromatic N) is 2. The highest BCUT2D eigenvalue weighted by molar-refractivity contribution is 5.85. The summed E-state index contributed by atoms with van der Waals surface area (Å²) in [6.45, 7) is 5.96. The van der Waals surface area contributed by atoms with Gasteiger partial charge in [0.05, 0.1) is 22.4 Å². The van der Waals surface area contributed by atoms with E-state index in [1.165, 1.54) is 14.1 Å². The van der Waals surface area contributed by atoms with Crippen LogP contribution >= 0.6 is 0 Å². The molecule has 176 valence electrons. The van der Waals surface area contributed by atoms with E-state index >= 15 is 0 Å². The number of nitrogens with two attached hydrogens (primary N) is 1. The third kappa shape index (κ3) is 3.61. The van der Waals surface area contributed by atoms with Gasteiger partial charge in [-0.2, -0.15) is 0 Å². The number of rotatable bonds is 4. The van der Waals surface area contributed by atoms with Crippen LogP contribution in [0.2, 0.25) is 0 Å². The van der Waals surface area contributed by atoms with Gasteiger partial charge in [0, 0.05) is 14.1 Å². The third-order valence-electron chi connectivity index (χ3n) is 6.33. The second-order valence-corrected chi connectivity index (χ2v) is 8.91. The first kappa shape index (κ1) is 23.1. The van der Waals surface area contributed by atoms with Gasteiger partial charge in [-0.25, -0.2) is 9.59 Å². The maximum absolute atomic E-state index is 13.3. The van der Waals surface area contributed by atoms with Crippen LogP contribution < -0.4 is 22.6 Å². The number of hydrogen-bond acceptors (Lipinski definition) is 6. The van der Waals surface area contributed by atoms with Crippen molar-refractivity contribution in [1.29, 1.82) is 0 Å². The molecule has 8 heteroatoms. The zero-order chi connectivity index (χ0) is 24.9. The molecule has 0 saturated carbocycles. The largest absolute Gasteiger partial charge is 0.507 e. The molecule has 0 fully saturated rings. The van der Waals surface area contributed by atoms with Crippen molar-refractivity contribution in [2.75, 3.05) is 5.73 Å². The van der Waals surface area contributed by atoms with E-state index in [4.69, 9.17) is 10.2 Å². The summed E-state index contributed by atoms with van der Waals surface area (Å²) in [5, 5.41) is 11.6. The van der Waals surface area contributed by atoms with Crippen molar-refractivity contribution in [3.05, 3.63) is 102 Å². The maximum Gasteiger partial charge on any atom is 0.344 e. The Hall–Kier alpha value is -4.07. The van der Waals surface area contributed by atoms with E-state index in [-0.39, 0.29) is 34.2 Å². The topological polar surface area (TPSA) is 120 Å². The molecule has 1 unspecified atom stereocenters. The predicted molar refractivity (Wildman–Crippen MR) is 132 cm³/mol. The average molecular weight is 462 g/mol. The Morgan fingerprint density at radius 2 is 1.53 bits per heavy atom. The van der Waals surface area contributed by atoms with Crippen molar-refractivity contribution < 1.29 is 9.52 Å². The summed E-state index contributed by atoms with van der Waals surface area (Å²) in [7, 11) is 2.80. The summed E-state index contributed by atoms with van der Waals surface area (Å²) in [4.78, 5) is 39.0. The molecule has 0 bridgehead atoms. The van der Waals surface area contributed by atoms with Crippen molar-refractivity contribution in [2.45, 2.75) is 32.6 Å². The number of hydrogen-bond donors (Lipinski definition) is 2. The van der Waals surface area contributed by atoms with Crippen molar-refractivity contribution in [2.24, 2.45) is 14.1 Å². The second kappa shape index (κ2) is 8.37.